The van der Waals surface area contributed by atoms with Gasteiger partial charge in [-0.05, 0) is 12.5 Å². The Balaban J connectivity index is 1.60. The number of nitrogens with zero attached hydrogens (tertiary/aromatic N) is 1. The molecule has 0 unspecified atom stereocenters. The predicted octanol–water partition coefficient (Wildman–Crippen LogP) is 2.61. The number of ether oxygens (including phenoxy) is 2. The van der Waals surface area contributed by atoms with Crippen molar-refractivity contribution in [3.05, 3.63) is 41.3 Å². The fourth-order valence-corrected chi connectivity index (χ4v) is 4.12. The molecule has 168 valence electrons. The Morgan fingerprint density at radius 3 is 2.41 bits per heavy atom. The zero-order chi connectivity index (χ0) is 23.1. The van der Waals surface area contributed by atoms with Crippen molar-refractivity contribution in [3.63, 3.8) is 0 Å². The number of hydrogen-bond donors (Lipinski definition) is 1. The lowest BCUT2D eigenvalue weighted by molar-refractivity contribution is -0.148. The third-order valence-electron chi connectivity index (χ3n) is 4.67. The van der Waals surface area contributed by atoms with Crippen molar-refractivity contribution < 1.29 is 33.4 Å². The SMILES string of the molecule is CCOC(=O)c1c(-c2ccccc2)csc1NC(=O)COC(=O)CCN1C(=O)CCC1=O. The fourth-order valence-electron chi connectivity index (χ4n) is 3.14. The average Bonchev–Trinajstić information content (AvgIpc) is 3.34. The summed E-state index contributed by atoms with van der Waals surface area (Å²) in [6.45, 7) is 1.22. The van der Waals surface area contributed by atoms with Crippen LogP contribution in [-0.4, -0.2) is 54.3 Å². The van der Waals surface area contributed by atoms with Gasteiger partial charge in [-0.2, -0.15) is 0 Å². The molecule has 0 aliphatic carbocycles. The molecule has 1 N–H and O–H groups in total. The number of anilines is 1. The second-order valence-corrected chi connectivity index (χ2v) is 7.72. The highest BCUT2D eigenvalue weighted by Crippen LogP contribution is 2.36. The van der Waals surface area contributed by atoms with Crippen LogP contribution in [0, 0.1) is 0 Å². The molecule has 1 aromatic heterocycles. The summed E-state index contributed by atoms with van der Waals surface area (Å²) in [7, 11) is 0. The molecular weight excluding hydrogens is 436 g/mol. The molecule has 1 fully saturated rings. The van der Waals surface area contributed by atoms with Crippen LogP contribution in [0.2, 0.25) is 0 Å². The molecular formula is C22H22N2O7S. The zero-order valence-corrected chi connectivity index (χ0v) is 18.2. The quantitative estimate of drug-likeness (QED) is 0.453. The number of thiophene rings is 1. The van der Waals surface area contributed by atoms with Gasteiger partial charge in [0.1, 0.15) is 10.6 Å². The molecule has 0 bridgehead atoms. The van der Waals surface area contributed by atoms with E-state index in [0.29, 0.717) is 5.56 Å². The van der Waals surface area contributed by atoms with E-state index in [-0.39, 0.29) is 54.8 Å². The summed E-state index contributed by atoms with van der Waals surface area (Å²) in [6.07, 6.45) is 0.0890. The minimum absolute atomic E-state index is 0.0729. The van der Waals surface area contributed by atoms with E-state index in [4.69, 9.17) is 9.47 Å². The van der Waals surface area contributed by atoms with Gasteiger partial charge < -0.3 is 14.8 Å². The summed E-state index contributed by atoms with van der Waals surface area (Å²) < 4.78 is 10.1. The van der Waals surface area contributed by atoms with Gasteiger partial charge in [0.25, 0.3) is 5.91 Å². The Morgan fingerprint density at radius 2 is 1.75 bits per heavy atom. The lowest BCUT2D eigenvalue weighted by atomic mass is 10.0. The lowest BCUT2D eigenvalue weighted by Gasteiger charge is -2.13. The molecule has 1 saturated heterocycles. The maximum absolute atomic E-state index is 12.5. The molecule has 2 heterocycles. The molecule has 0 radical (unpaired) electrons. The van der Waals surface area contributed by atoms with Gasteiger partial charge in [0, 0.05) is 30.3 Å². The smallest absolute Gasteiger partial charge is 0.341 e. The largest absolute Gasteiger partial charge is 0.462 e. The number of carbonyl (C=O) groups is 5. The Bertz CT molecular complexity index is 1020. The van der Waals surface area contributed by atoms with E-state index in [1.165, 1.54) is 0 Å². The molecule has 1 aliphatic heterocycles. The van der Waals surface area contributed by atoms with Crippen LogP contribution in [0.5, 0.6) is 0 Å². The molecule has 2 aromatic rings. The van der Waals surface area contributed by atoms with Crippen molar-refractivity contribution in [2.75, 3.05) is 25.1 Å². The molecule has 0 atom stereocenters. The number of carbonyl (C=O) groups excluding carboxylic acids is 5. The molecule has 3 rings (SSSR count). The van der Waals surface area contributed by atoms with Crippen molar-refractivity contribution in [2.24, 2.45) is 0 Å². The summed E-state index contributed by atoms with van der Waals surface area (Å²) in [4.78, 5) is 60.9. The van der Waals surface area contributed by atoms with Crippen LogP contribution in [-0.2, 0) is 28.7 Å². The third kappa shape index (κ3) is 5.58. The van der Waals surface area contributed by atoms with E-state index in [0.717, 1.165) is 21.8 Å². The van der Waals surface area contributed by atoms with Crippen LogP contribution in [0.3, 0.4) is 0 Å². The maximum Gasteiger partial charge on any atom is 0.341 e. The first kappa shape index (κ1) is 23.1. The molecule has 1 aromatic carbocycles. The highest BCUT2D eigenvalue weighted by atomic mass is 32.1. The van der Waals surface area contributed by atoms with Gasteiger partial charge in [-0.3, -0.25) is 24.1 Å². The summed E-state index contributed by atoms with van der Waals surface area (Å²) in [5, 5.41) is 4.62. The minimum Gasteiger partial charge on any atom is -0.462 e. The van der Waals surface area contributed by atoms with Crippen molar-refractivity contribution in [3.8, 4) is 11.1 Å². The van der Waals surface area contributed by atoms with Gasteiger partial charge in [-0.25, -0.2) is 4.79 Å². The Morgan fingerprint density at radius 1 is 1.06 bits per heavy atom. The van der Waals surface area contributed by atoms with E-state index in [1.54, 1.807) is 12.3 Å². The number of esters is 2. The molecule has 0 spiro atoms. The standard InChI is InChI=1S/C22H22N2O7S/c1-2-30-22(29)20-15(14-6-4-3-5-7-14)13-32-21(20)23-16(25)12-31-19(28)10-11-24-17(26)8-9-18(24)27/h3-7,13H,2,8-12H2,1H3,(H,23,25). The van der Waals surface area contributed by atoms with Crippen molar-refractivity contribution in [2.45, 2.75) is 26.2 Å². The van der Waals surface area contributed by atoms with Crippen molar-refractivity contribution in [1.82, 2.24) is 4.90 Å². The van der Waals surface area contributed by atoms with E-state index in [2.05, 4.69) is 5.32 Å². The molecule has 3 amide bonds. The third-order valence-corrected chi connectivity index (χ3v) is 5.56. The van der Waals surface area contributed by atoms with Crippen molar-refractivity contribution >= 4 is 46.0 Å². The molecule has 9 nitrogen and oxygen atoms in total. The van der Waals surface area contributed by atoms with Crippen LogP contribution in [0.1, 0.15) is 36.5 Å². The highest BCUT2D eigenvalue weighted by Gasteiger charge is 2.29. The van der Waals surface area contributed by atoms with E-state index in [9.17, 15) is 24.0 Å². The summed E-state index contributed by atoms with van der Waals surface area (Å²) in [5.41, 5.74) is 1.65. The molecule has 10 heteroatoms. The van der Waals surface area contributed by atoms with Crippen LogP contribution in [0.15, 0.2) is 35.7 Å². The highest BCUT2D eigenvalue weighted by molar-refractivity contribution is 7.15. The van der Waals surface area contributed by atoms with Gasteiger partial charge in [-0.1, -0.05) is 30.3 Å². The van der Waals surface area contributed by atoms with Gasteiger partial charge in [-0.15, -0.1) is 11.3 Å². The number of hydrogen-bond acceptors (Lipinski definition) is 8. The van der Waals surface area contributed by atoms with Crippen LogP contribution < -0.4 is 5.32 Å². The van der Waals surface area contributed by atoms with Crippen molar-refractivity contribution in [1.29, 1.82) is 0 Å². The van der Waals surface area contributed by atoms with Gasteiger partial charge in [0.05, 0.1) is 13.0 Å². The summed E-state index contributed by atoms with van der Waals surface area (Å²) in [6, 6.07) is 9.21. The predicted molar refractivity (Wildman–Crippen MR) is 116 cm³/mol. The Hall–Kier alpha value is -3.53. The second kappa shape index (κ2) is 10.7. The van der Waals surface area contributed by atoms with Crippen LogP contribution in [0.25, 0.3) is 11.1 Å². The number of amides is 3. The van der Waals surface area contributed by atoms with E-state index in [1.807, 2.05) is 30.3 Å². The number of rotatable bonds is 9. The van der Waals surface area contributed by atoms with Crippen LogP contribution >= 0.6 is 11.3 Å². The molecule has 0 saturated carbocycles. The molecule has 32 heavy (non-hydrogen) atoms. The molecule has 1 aliphatic rings. The second-order valence-electron chi connectivity index (χ2n) is 6.84. The Kier molecular flexibility index (Phi) is 7.72. The Labute approximate surface area is 188 Å². The van der Waals surface area contributed by atoms with Gasteiger partial charge in [0.15, 0.2) is 6.61 Å². The summed E-state index contributed by atoms with van der Waals surface area (Å²) in [5.74, 6) is -2.55. The monoisotopic (exact) mass is 458 g/mol. The zero-order valence-electron chi connectivity index (χ0n) is 17.4. The first-order chi connectivity index (χ1) is 15.4. The van der Waals surface area contributed by atoms with Crippen LogP contribution in [0.4, 0.5) is 5.00 Å². The fraction of sp³-hybridized carbons (Fsp3) is 0.318. The first-order valence-corrected chi connectivity index (χ1v) is 10.9. The van der Waals surface area contributed by atoms with E-state index < -0.39 is 24.5 Å². The number of benzene rings is 1. The number of imide groups is 1. The topological polar surface area (TPSA) is 119 Å². The average molecular weight is 458 g/mol. The summed E-state index contributed by atoms with van der Waals surface area (Å²) >= 11 is 1.16. The lowest BCUT2D eigenvalue weighted by Crippen LogP contribution is -2.32. The van der Waals surface area contributed by atoms with Gasteiger partial charge in [0.2, 0.25) is 11.8 Å². The maximum atomic E-state index is 12.5. The normalized spacial score (nSPS) is 13.2. The minimum atomic E-state index is -0.713. The number of likely N-dealkylation sites (tertiary alicyclic amines) is 1. The van der Waals surface area contributed by atoms with Gasteiger partial charge >= 0.3 is 11.9 Å². The number of nitrogens with one attached hydrogen (secondary N) is 1. The van der Waals surface area contributed by atoms with E-state index >= 15 is 0 Å². The first-order valence-electron chi connectivity index (χ1n) is 10.0.